The Hall–Kier alpha value is -1.65. The van der Waals surface area contributed by atoms with Crippen LogP contribution in [0.5, 0.6) is 0 Å². The van der Waals surface area contributed by atoms with Crippen molar-refractivity contribution in [2.45, 2.75) is 6.10 Å². The van der Waals surface area contributed by atoms with E-state index in [-0.39, 0.29) is 12.0 Å². The number of carbonyl (C=O) groups excluding carboxylic acids is 1. The zero-order chi connectivity index (χ0) is 13.9. The second-order valence-electron chi connectivity index (χ2n) is 4.77. The summed E-state index contributed by atoms with van der Waals surface area (Å²) < 4.78 is 5.49. The van der Waals surface area contributed by atoms with Crippen LogP contribution >= 0.6 is 11.6 Å². The number of pyridine rings is 1. The molecule has 4 nitrogen and oxygen atoms in total. The van der Waals surface area contributed by atoms with Gasteiger partial charge in [-0.05, 0) is 12.1 Å². The molecule has 1 aliphatic rings. The molecular formula is C15H15ClN2O2. The molecule has 0 spiro atoms. The molecule has 2 heterocycles. The standard InChI is InChI=1S/C15H15ClN2O2/c16-9-11-10-18(7-8-20-11)15(19)13-5-6-17-14-4-2-1-3-12(13)14/h1-6,11H,7-10H2. The maximum atomic E-state index is 12.7. The van der Waals surface area contributed by atoms with E-state index in [4.69, 9.17) is 16.3 Å². The van der Waals surface area contributed by atoms with Gasteiger partial charge in [0.2, 0.25) is 0 Å². The Morgan fingerprint density at radius 3 is 3.10 bits per heavy atom. The van der Waals surface area contributed by atoms with Gasteiger partial charge in [0, 0.05) is 24.7 Å². The van der Waals surface area contributed by atoms with E-state index in [1.54, 1.807) is 17.2 Å². The summed E-state index contributed by atoms with van der Waals surface area (Å²) in [6, 6.07) is 9.45. The lowest BCUT2D eigenvalue weighted by atomic mass is 10.1. The molecule has 2 aromatic rings. The van der Waals surface area contributed by atoms with Crippen molar-refractivity contribution in [2.24, 2.45) is 0 Å². The summed E-state index contributed by atoms with van der Waals surface area (Å²) in [5, 5.41) is 0.883. The largest absolute Gasteiger partial charge is 0.373 e. The maximum Gasteiger partial charge on any atom is 0.254 e. The Morgan fingerprint density at radius 1 is 1.40 bits per heavy atom. The monoisotopic (exact) mass is 290 g/mol. The first-order valence-electron chi connectivity index (χ1n) is 6.60. The van der Waals surface area contributed by atoms with E-state index >= 15 is 0 Å². The van der Waals surface area contributed by atoms with Crippen molar-refractivity contribution in [3.8, 4) is 0 Å². The predicted octanol–water partition coefficient (Wildman–Crippen LogP) is 2.31. The third-order valence-electron chi connectivity index (χ3n) is 3.48. The van der Waals surface area contributed by atoms with Crippen LogP contribution in [0.15, 0.2) is 36.5 Å². The van der Waals surface area contributed by atoms with Crippen LogP contribution in [-0.2, 0) is 4.74 Å². The van der Waals surface area contributed by atoms with E-state index in [1.807, 2.05) is 24.3 Å². The summed E-state index contributed by atoms with van der Waals surface area (Å²) in [5.41, 5.74) is 1.52. The number of hydrogen-bond acceptors (Lipinski definition) is 3. The minimum atomic E-state index is -0.0810. The number of alkyl halides is 1. The number of carbonyl (C=O) groups is 1. The Morgan fingerprint density at radius 2 is 2.25 bits per heavy atom. The fourth-order valence-electron chi connectivity index (χ4n) is 2.45. The third kappa shape index (κ3) is 2.49. The van der Waals surface area contributed by atoms with Crippen LogP contribution in [-0.4, -0.2) is 47.5 Å². The molecule has 5 heteroatoms. The van der Waals surface area contributed by atoms with Gasteiger partial charge in [-0.25, -0.2) is 0 Å². The molecule has 20 heavy (non-hydrogen) atoms. The number of rotatable bonds is 2. The number of para-hydroxylation sites is 1. The number of aromatic nitrogens is 1. The lowest BCUT2D eigenvalue weighted by Crippen LogP contribution is -2.46. The Labute approximate surface area is 122 Å². The van der Waals surface area contributed by atoms with Crippen LogP contribution < -0.4 is 0 Å². The fraction of sp³-hybridized carbons (Fsp3) is 0.333. The van der Waals surface area contributed by atoms with Gasteiger partial charge in [-0.15, -0.1) is 11.6 Å². The summed E-state index contributed by atoms with van der Waals surface area (Å²) >= 11 is 5.82. The van der Waals surface area contributed by atoms with Gasteiger partial charge >= 0.3 is 0 Å². The van der Waals surface area contributed by atoms with Crippen molar-refractivity contribution in [2.75, 3.05) is 25.6 Å². The summed E-state index contributed by atoms with van der Waals surface area (Å²) in [6.45, 7) is 1.67. The molecule has 1 aromatic heterocycles. The summed E-state index contributed by atoms with van der Waals surface area (Å²) in [6.07, 6.45) is 1.59. The quantitative estimate of drug-likeness (QED) is 0.797. The second kappa shape index (κ2) is 5.77. The number of nitrogens with zero attached hydrogens (tertiary/aromatic N) is 2. The van der Waals surface area contributed by atoms with Gasteiger partial charge in [0.15, 0.2) is 0 Å². The second-order valence-corrected chi connectivity index (χ2v) is 5.08. The van der Waals surface area contributed by atoms with Gasteiger partial charge in [-0.3, -0.25) is 9.78 Å². The van der Waals surface area contributed by atoms with E-state index in [0.29, 0.717) is 31.1 Å². The normalized spacial score (nSPS) is 19.2. The summed E-state index contributed by atoms with van der Waals surface area (Å²) in [5.74, 6) is 0.419. The van der Waals surface area contributed by atoms with Gasteiger partial charge in [-0.1, -0.05) is 18.2 Å². The molecule has 104 valence electrons. The zero-order valence-electron chi connectivity index (χ0n) is 11.0. The van der Waals surface area contributed by atoms with Crippen molar-refractivity contribution in [3.63, 3.8) is 0 Å². The highest BCUT2D eigenvalue weighted by atomic mass is 35.5. The van der Waals surface area contributed by atoms with Crippen molar-refractivity contribution < 1.29 is 9.53 Å². The molecule has 1 fully saturated rings. The zero-order valence-corrected chi connectivity index (χ0v) is 11.7. The molecular weight excluding hydrogens is 276 g/mol. The molecule has 0 radical (unpaired) electrons. The highest BCUT2D eigenvalue weighted by Crippen LogP contribution is 2.19. The lowest BCUT2D eigenvalue weighted by Gasteiger charge is -2.32. The van der Waals surface area contributed by atoms with Gasteiger partial charge in [0.05, 0.1) is 29.7 Å². The number of ether oxygens (including phenoxy) is 1. The van der Waals surface area contributed by atoms with Crippen LogP contribution in [0.4, 0.5) is 0 Å². The van der Waals surface area contributed by atoms with Crippen molar-refractivity contribution in [3.05, 3.63) is 42.1 Å². The first-order valence-corrected chi connectivity index (χ1v) is 7.13. The molecule has 1 saturated heterocycles. The maximum absolute atomic E-state index is 12.7. The van der Waals surface area contributed by atoms with Crippen molar-refractivity contribution >= 4 is 28.4 Å². The highest BCUT2D eigenvalue weighted by molar-refractivity contribution is 6.18. The first-order chi connectivity index (χ1) is 9.79. The minimum absolute atomic E-state index is 0.0158. The molecule has 1 atom stereocenters. The fourth-order valence-corrected chi connectivity index (χ4v) is 2.64. The van der Waals surface area contributed by atoms with Crippen LogP contribution in [0.2, 0.25) is 0 Å². The average molecular weight is 291 g/mol. The molecule has 0 saturated carbocycles. The first kappa shape index (κ1) is 13.3. The molecule has 0 aliphatic carbocycles. The van der Waals surface area contributed by atoms with Gasteiger partial charge in [0.25, 0.3) is 5.91 Å². The van der Waals surface area contributed by atoms with Gasteiger partial charge < -0.3 is 9.64 Å². The van der Waals surface area contributed by atoms with E-state index < -0.39 is 0 Å². The average Bonchev–Trinajstić information content (AvgIpc) is 2.53. The van der Waals surface area contributed by atoms with Gasteiger partial charge in [0.1, 0.15) is 0 Å². The third-order valence-corrected chi connectivity index (χ3v) is 3.82. The Bertz CT molecular complexity index is 627. The lowest BCUT2D eigenvalue weighted by molar-refractivity contribution is -0.0107. The van der Waals surface area contributed by atoms with E-state index in [0.717, 1.165) is 10.9 Å². The smallest absolute Gasteiger partial charge is 0.254 e. The molecule has 1 aliphatic heterocycles. The Balaban J connectivity index is 1.92. The van der Waals surface area contributed by atoms with Crippen molar-refractivity contribution in [1.29, 1.82) is 0 Å². The van der Waals surface area contributed by atoms with E-state index in [2.05, 4.69) is 4.98 Å². The van der Waals surface area contributed by atoms with Crippen molar-refractivity contribution in [1.82, 2.24) is 9.88 Å². The molecule has 1 amide bonds. The van der Waals surface area contributed by atoms with Crippen LogP contribution in [0, 0.1) is 0 Å². The minimum Gasteiger partial charge on any atom is -0.373 e. The number of halogens is 1. The number of hydrogen-bond donors (Lipinski definition) is 0. The van der Waals surface area contributed by atoms with Gasteiger partial charge in [-0.2, -0.15) is 0 Å². The predicted molar refractivity (Wildman–Crippen MR) is 78.1 cm³/mol. The van der Waals surface area contributed by atoms with Crippen LogP contribution in [0.3, 0.4) is 0 Å². The topological polar surface area (TPSA) is 42.4 Å². The SMILES string of the molecule is O=C(c1ccnc2ccccc12)N1CCOC(CCl)C1. The van der Waals surface area contributed by atoms with Crippen LogP contribution in [0.1, 0.15) is 10.4 Å². The van der Waals surface area contributed by atoms with E-state index in [9.17, 15) is 4.79 Å². The number of morpholine rings is 1. The summed E-state index contributed by atoms with van der Waals surface area (Å²) in [7, 11) is 0. The van der Waals surface area contributed by atoms with Crippen LogP contribution in [0.25, 0.3) is 10.9 Å². The molecule has 0 bridgehead atoms. The molecule has 3 rings (SSSR count). The molecule has 1 unspecified atom stereocenters. The Kier molecular flexibility index (Phi) is 3.85. The highest BCUT2D eigenvalue weighted by Gasteiger charge is 2.25. The number of fused-ring (bicyclic) bond motifs is 1. The molecule has 0 N–H and O–H groups in total. The number of amides is 1. The number of benzene rings is 1. The van der Waals surface area contributed by atoms with E-state index in [1.165, 1.54) is 0 Å². The summed E-state index contributed by atoms with van der Waals surface area (Å²) in [4.78, 5) is 18.8. The molecule has 1 aromatic carbocycles.